The number of anilines is 1. The summed E-state index contributed by atoms with van der Waals surface area (Å²) in [4.78, 5) is 14.9. The third kappa shape index (κ3) is 3.06. The van der Waals surface area contributed by atoms with E-state index in [1.165, 1.54) is 18.3 Å². The molecule has 1 aromatic rings. The molecule has 1 heterocycles. The van der Waals surface area contributed by atoms with Crippen LogP contribution in [0.1, 0.15) is 25.6 Å². The molecule has 3 nitrogen and oxygen atoms in total. The Kier molecular flexibility index (Phi) is 3.57. The maximum Gasteiger partial charge on any atom is 0.228 e. The number of rotatable bonds is 3. The summed E-state index contributed by atoms with van der Waals surface area (Å²) in [5, 5.41) is 2.81. The summed E-state index contributed by atoms with van der Waals surface area (Å²) in [6, 6.07) is 0. The van der Waals surface area contributed by atoms with Crippen LogP contribution in [0.4, 0.5) is 9.52 Å². The Hall–Kier alpha value is -0.970. The van der Waals surface area contributed by atoms with Gasteiger partial charge in [-0.3, -0.25) is 4.79 Å². The van der Waals surface area contributed by atoms with Crippen LogP contribution in [0.5, 0.6) is 0 Å². The predicted octanol–water partition coefficient (Wildman–Crippen LogP) is 2.44. The second kappa shape index (κ2) is 4.50. The normalized spacial score (nSPS) is 10.6. The maximum absolute atomic E-state index is 13.2. The minimum atomic E-state index is -0.465. The van der Waals surface area contributed by atoms with Crippen LogP contribution < -0.4 is 5.32 Å². The zero-order chi connectivity index (χ0) is 10.7. The van der Waals surface area contributed by atoms with Gasteiger partial charge in [0, 0.05) is 6.92 Å². The molecule has 0 atom stereocenters. The topological polar surface area (TPSA) is 42.0 Å². The number of hydrogen-bond acceptors (Lipinski definition) is 3. The molecule has 0 aliphatic carbocycles. The number of nitrogens with one attached hydrogen (secondary N) is 1. The van der Waals surface area contributed by atoms with E-state index in [1.807, 2.05) is 13.8 Å². The smallest absolute Gasteiger partial charge is 0.228 e. The van der Waals surface area contributed by atoms with Gasteiger partial charge in [0.05, 0.1) is 4.88 Å². The van der Waals surface area contributed by atoms with Crippen molar-refractivity contribution in [3.8, 4) is 0 Å². The lowest BCUT2D eigenvalue weighted by Crippen LogP contribution is -2.04. The highest BCUT2D eigenvalue weighted by Gasteiger charge is 2.12. The molecule has 78 valence electrons. The molecule has 0 saturated heterocycles. The number of carbonyl (C=O) groups is 1. The quantitative estimate of drug-likeness (QED) is 0.843. The predicted molar refractivity (Wildman–Crippen MR) is 54.9 cm³/mol. The summed E-state index contributed by atoms with van der Waals surface area (Å²) in [6.45, 7) is 5.40. The van der Waals surface area contributed by atoms with Crippen molar-refractivity contribution < 1.29 is 9.18 Å². The van der Waals surface area contributed by atoms with E-state index < -0.39 is 5.95 Å². The standard InChI is InChI=1S/C9H13FN2OS/c1-5(2)4-7-8(10)12-9(14-7)11-6(3)13/h5H,4H2,1-3H3,(H,11,12,13). The van der Waals surface area contributed by atoms with Gasteiger partial charge in [-0.05, 0) is 12.3 Å². The van der Waals surface area contributed by atoms with Gasteiger partial charge in [-0.1, -0.05) is 25.2 Å². The second-order valence-electron chi connectivity index (χ2n) is 3.51. The Morgan fingerprint density at radius 1 is 1.64 bits per heavy atom. The number of halogens is 1. The molecule has 14 heavy (non-hydrogen) atoms. The summed E-state index contributed by atoms with van der Waals surface area (Å²) < 4.78 is 13.2. The Bertz CT molecular complexity index is 336. The van der Waals surface area contributed by atoms with Crippen molar-refractivity contribution in [2.45, 2.75) is 27.2 Å². The molecule has 5 heteroatoms. The van der Waals surface area contributed by atoms with Crippen LogP contribution >= 0.6 is 11.3 Å². The fraction of sp³-hybridized carbons (Fsp3) is 0.556. The number of aromatic nitrogens is 1. The van der Waals surface area contributed by atoms with Crippen LogP contribution in [0.2, 0.25) is 0 Å². The van der Waals surface area contributed by atoms with Crippen LogP contribution in [0.3, 0.4) is 0 Å². The van der Waals surface area contributed by atoms with E-state index in [1.54, 1.807) is 0 Å². The molecule has 0 aliphatic rings. The minimum absolute atomic E-state index is 0.227. The van der Waals surface area contributed by atoms with Crippen molar-refractivity contribution in [2.75, 3.05) is 5.32 Å². The molecule has 0 saturated carbocycles. The summed E-state index contributed by atoms with van der Waals surface area (Å²) >= 11 is 1.20. The lowest BCUT2D eigenvalue weighted by Gasteiger charge is -1.99. The van der Waals surface area contributed by atoms with E-state index >= 15 is 0 Å². The Labute approximate surface area is 86.4 Å². The molecule has 1 N–H and O–H groups in total. The molecule has 0 aliphatic heterocycles. The van der Waals surface area contributed by atoms with Crippen LogP contribution in [0.25, 0.3) is 0 Å². The summed E-state index contributed by atoms with van der Waals surface area (Å²) in [5.41, 5.74) is 0. The first-order valence-electron chi connectivity index (χ1n) is 4.42. The highest BCUT2D eigenvalue weighted by Crippen LogP contribution is 2.24. The lowest BCUT2D eigenvalue weighted by atomic mass is 10.1. The summed E-state index contributed by atoms with van der Waals surface area (Å²) in [6.07, 6.45) is 0.656. The largest absolute Gasteiger partial charge is 0.302 e. The fourth-order valence-corrected chi connectivity index (χ4v) is 2.13. The van der Waals surface area contributed by atoms with E-state index in [0.717, 1.165) is 0 Å². The molecule has 0 aromatic carbocycles. The van der Waals surface area contributed by atoms with E-state index in [0.29, 0.717) is 22.3 Å². The number of hydrogen-bond donors (Lipinski definition) is 1. The van der Waals surface area contributed by atoms with Gasteiger partial charge in [-0.25, -0.2) is 0 Å². The Balaban J connectivity index is 2.76. The summed E-state index contributed by atoms with van der Waals surface area (Å²) in [7, 11) is 0. The lowest BCUT2D eigenvalue weighted by molar-refractivity contribution is -0.114. The van der Waals surface area contributed by atoms with Gasteiger partial charge in [0.1, 0.15) is 0 Å². The minimum Gasteiger partial charge on any atom is -0.302 e. The van der Waals surface area contributed by atoms with Crippen molar-refractivity contribution in [2.24, 2.45) is 5.92 Å². The number of thiazole rings is 1. The monoisotopic (exact) mass is 216 g/mol. The van der Waals surface area contributed by atoms with Gasteiger partial charge in [0.2, 0.25) is 11.9 Å². The van der Waals surface area contributed by atoms with Crippen molar-refractivity contribution in [3.63, 3.8) is 0 Å². The molecule has 0 unspecified atom stereocenters. The molecule has 0 bridgehead atoms. The molecule has 0 fully saturated rings. The maximum atomic E-state index is 13.2. The fourth-order valence-electron chi connectivity index (χ4n) is 1.03. The molecular weight excluding hydrogens is 203 g/mol. The van der Waals surface area contributed by atoms with Crippen LogP contribution in [0, 0.1) is 11.9 Å². The van der Waals surface area contributed by atoms with E-state index in [2.05, 4.69) is 10.3 Å². The van der Waals surface area contributed by atoms with Crippen molar-refractivity contribution >= 4 is 22.4 Å². The first-order chi connectivity index (χ1) is 6.49. The molecule has 1 amide bonds. The van der Waals surface area contributed by atoms with Gasteiger partial charge in [0.25, 0.3) is 0 Å². The Morgan fingerprint density at radius 3 is 2.79 bits per heavy atom. The van der Waals surface area contributed by atoms with E-state index in [-0.39, 0.29) is 5.91 Å². The number of carbonyl (C=O) groups excluding carboxylic acids is 1. The van der Waals surface area contributed by atoms with Crippen molar-refractivity contribution in [1.82, 2.24) is 4.98 Å². The van der Waals surface area contributed by atoms with Gasteiger partial charge in [-0.2, -0.15) is 9.37 Å². The second-order valence-corrected chi connectivity index (χ2v) is 4.60. The van der Waals surface area contributed by atoms with Gasteiger partial charge < -0.3 is 5.32 Å². The van der Waals surface area contributed by atoms with Gasteiger partial charge >= 0.3 is 0 Å². The van der Waals surface area contributed by atoms with E-state index in [9.17, 15) is 9.18 Å². The van der Waals surface area contributed by atoms with Gasteiger partial charge in [-0.15, -0.1) is 0 Å². The number of amides is 1. The zero-order valence-electron chi connectivity index (χ0n) is 8.43. The highest BCUT2D eigenvalue weighted by atomic mass is 32.1. The van der Waals surface area contributed by atoms with E-state index in [4.69, 9.17) is 0 Å². The SMILES string of the molecule is CC(=O)Nc1nc(F)c(CC(C)C)s1. The third-order valence-electron chi connectivity index (χ3n) is 1.53. The van der Waals surface area contributed by atoms with Crippen molar-refractivity contribution in [1.29, 1.82) is 0 Å². The molecule has 0 radical (unpaired) electrons. The molecule has 1 aromatic heterocycles. The average molecular weight is 216 g/mol. The molecule has 1 rings (SSSR count). The summed E-state index contributed by atoms with van der Waals surface area (Å²) in [5.74, 6) is -0.308. The zero-order valence-corrected chi connectivity index (χ0v) is 9.24. The van der Waals surface area contributed by atoms with Crippen LogP contribution in [-0.2, 0) is 11.2 Å². The Morgan fingerprint density at radius 2 is 2.29 bits per heavy atom. The first kappa shape index (κ1) is 11.1. The average Bonchev–Trinajstić information content (AvgIpc) is 2.28. The molecular formula is C9H13FN2OS. The number of nitrogens with zero attached hydrogens (tertiary/aromatic N) is 1. The first-order valence-corrected chi connectivity index (χ1v) is 5.23. The van der Waals surface area contributed by atoms with Gasteiger partial charge in [0.15, 0.2) is 5.13 Å². The van der Waals surface area contributed by atoms with Crippen LogP contribution in [-0.4, -0.2) is 10.9 Å². The van der Waals surface area contributed by atoms with Crippen LogP contribution in [0.15, 0.2) is 0 Å². The van der Waals surface area contributed by atoms with Crippen molar-refractivity contribution in [3.05, 3.63) is 10.8 Å². The highest BCUT2D eigenvalue weighted by molar-refractivity contribution is 7.15. The molecule has 0 spiro atoms. The third-order valence-corrected chi connectivity index (χ3v) is 2.49.